The molecule has 25 heavy (non-hydrogen) atoms. The molecule has 1 N–H and O–H groups in total. The van der Waals surface area contributed by atoms with Crippen molar-refractivity contribution in [1.82, 2.24) is 9.88 Å². The molecular formula is C19H24N2O4. The van der Waals surface area contributed by atoms with Crippen molar-refractivity contribution in [3.05, 3.63) is 42.2 Å². The fourth-order valence-electron chi connectivity index (χ4n) is 4.06. The van der Waals surface area contributed by atoms with E-state index in [0.717, 1.165) is 12.1 Å². The standard InChI is InChI=1S/C19H24N2O4/c1-25-10-4-9-21(12-15-5-2-3-8-20-15)18(22)16-13-6-7-14(11-13)17(16)19(23)24/h2-3,5-8,13-14,16-17H,4,9-12H2,1H3,(H,23,24). The second-order valence-electron chi connectivity index (χ2n) is 6.77. The molecule has 1 heterocycles. The topological polar surface area (TPSA) is 79.7 Å². The summed E-state index contributed by atoms with van der Waals surface area (Å²) in [6, 6.07) is 5.61. The van der Waals surface area contributed by atoms with Gasteiger partial charge in [-0.05, 0) is 36.8 Å². The Balaban J connectivity index is 1.78. The Bertz CT molecular complexity index is 646. The van der Waals surface area contributed by atoms with Crippen molar-refractivity contribution in [3.8, 4) is 0 Å². The van der Waals surface area contributed by atoms with Gasteiger partial charge in [0.2, 0.25) is 5.91 Å². The number of carbonyl (C=O) groups excluding carboxylic acids is 1. The van der Waals surface area contributed by atoms with E-state index in [1.807, 2.05) is 30.4 Å². The van der Waals surface area contributed by atoms with Crippen molar-refractivity contribution in [2.75, 3.05) is 20.3 Å². The van der Waals surface area contributed by atoms with Crippen molar-refractivity contribution in [1.29, 1.82) is 0 Å². The van der Waals surface area contributed by atoms with Crippen LogP contribution in [0, 0.1) is 23.7 Å². The van der Waals surface area contributed by atoms with Crippen LogP contribution < -0.4 is 0 Å². The molecular weight excluding hydrogens is 320 g/mol. The molecule has 0 radical (unpaired) electrons. The van der Waals surface area contributed by atoms with Gasteiger partial charge in [0, 0.05) is 26.5 Å². The third kappa shape index (κ3) is 3.74. The minimum atomic E-state index is -0.870. The summed E-state index contributed by atoms with van der Waals surface area (Å²) in [6.07, 6.45) is 7.15. The van der Waals surface area contributed by atoms with E-state index in [9.17, 15) is 14.7 Å². The highest BCUT2D eigenvalue weighted by Crippen LogP contribution is 2.48. The number of hydrogen-bond donors (Lipinski definition) is 1. The van der Waals surface area contributed by atoms with Crippen LogP contribution in [0.15, 0.2) is 36.5 Å². The zero-order chi connectivity index (χ0) is 17.8. The van der Waals surface area contributed by atoms with Crippen molar-refractivity contribution in [2.45, 2.75) is 19.4 Å². The van der Waals surface area contributed by atoms with Gasteiger partial charge >= 0.3 is 5.97 Å². The summed E-state index contributed by atoms with van der Waals surface area (Å²) in [4.78, 5) is 31.0. The fraction of sp³-hybridized carbons (Fsp3) is 0.526. The van der Waals surface area contributed by atoms with Gasteiger partial charge in [0.05, 0.1) is 24.1 Å². The van der Waals surface area contributed by atoms with Crippen LogP contribution in [0.3, 0.4) is 0 Å². The Hall–Kier alpha value is -2.21. The molecule has 0 aliphatic heterocycles. The number of rotatable bonds is 8. The van der Waals surface area contributed by atoms with Crippen LogP contribution in [-0.2, 0) is 20.9 Å². The Kier molecular flexibility index (Phi) is 5.48. The number of fused-ring (bicyclic) bond motifs is 2. The number of methoxy groups -OCH3 is 1. The fourth-order valence-corrected chi connectivity index (χ4v) is 4.06. The summed E-state index contributed by atoms with van der Waals surface area (Å²) in [7, 11) is 1.63. The third-order valence-corrected chi connectivity index (χ3v) is 5.20. The number of aliphatic carboxylic acids is 1. The van der Waals surface area contributed by atoms with Crippen LogP contribution in [0.1, 0.15) is 18.5 Å². The van der Waals surface area contributed by atoms with Crippen LogP contribution in [-0.4, -0.2) is 47.1 Å². The summed E-state index contributed by atoms with van der Waals surface area (Å²) in [6.45, 7) is 1.49. The molecule has 1 amide bonds. The van der Waals surface area contributed by atoms with E-state index in [4.69, 9.17) is 4.74 Å². The molecule has 6 heteroatoms. The van der Waals surface area contributed by atoms with Crippen molar-refractivity contribution < 1.29 is 19.4 Å². The lowest BCUT2D eigenvalue weighted by atomic mass is 9.82. The maximum Gasteiger partial charge on any atom is 0.307 e. The highest BCUT2D eigenvalue weighted by Gasteiger charge is 2.52. The largest absolute Gasteiger partial charge is 0.481 e. The minimum Gasteiger partial charge on any atom is -0.481 e. The number of carboxylic acid groups (broad SMARTS) is 1. The number of pyridine rings is 1. The molecule has 4 atom stereocenters. The molecule has 6 nitrogen and oxygen atoms in total. The van der Waals surface area contributed by atoms with Gasteiger partial charge in [0.25, 0.3) is 0 Å². The lowest BCUT2D eigenvalue weighted by molar-refractivity contribution is -0.151. The summed E-state index contributed by atoms with van der Waals surface area (Å²) in [5.41, 5.74) is 0.804. The number of aromatic nitrogens is 1. The number of allylic oxidation sites excluding steroid dienone is 2. The second kappa shape index (κ2) is 7.78. The average Bonchev–Trinajstić information content (AvgIpc) is 3.22. The monoisotopic (exact) mass is 344 g/mol. The van der Waals surface area contributed by atoms with Crippen molar-refractivity contribution in [3.63, 3.8) is 0 Å². The molecule has 3 rings (SSSR count). The first-order chi connectivity index (χ1) is 12.1. The van der Waals surface area contributed by atoms with Crippen LogP contribution in [0.4, 0.5) is 0 Å². The number of hydrogen-bond acceptors (Lipinski definition) is 4. The lowest BCUT2D eigenvalue weighted by Crippen LogP contribution is -2.43. The van der Waals surface area contributed by atoms with Crippen LogP contribution in [0.2, 0.25) is 0 Å². The van der Waals surface area contributed by atoms with Gasteiger partial charge < -0.3 is 14.7 Å². The molecule has 2 bridgehead atoms. The van der Waals surface area contributed by atoms with Crippen LogP contribution >= 0.6 is 0 Å². The number of nitrogens with zero attached hydrogens (tertiary/aromatic N) is 2. The predicted octanol–water partition coefficient (Wildman–Crippen LogP) is 1.97. The Morgan fingerprint density at radius 3 is 2.68 bits per heavy atom. The van der Waals surface area contributed by atoms with Gasteiger partial charge in [-0.3, -0.25) is 14.6 Å². The van der Waals surface area contributed by atoms with Gasteiger partial charge in [-0.2, -0.15) is 0 Å². The van der Waals surface area contributed by atoms with Crippen LogP contribution in [0.25, 0.3) is 0 Å². The summed E-state index contributed by atoms with van der Waals surface area (Å²) < 4.78 is 5.10. The van der Waals surface area contributed by atoms with Gasteiger partial charge in [0.1, 0.15) is 0 Å². The zero-order valence-electron chi connectivity index (χ0n) is 14.4. The molecule has 0 aromatic carbocycles. The predicted molar refractivity (Wildman–Crippen MR) is 91.5 cm³/mol. The first-order valence-corrected chi connectivity index (χ1v) is 8.70. The Morgan fingerprint density at radius 1 is 1.28 bits per heavy atom. The lowest BCUT2D eigenvalue weighted by Gasteiger charge is -2.31. The molecule has 1 aromatic rings. The number of ether oxygens (including phenoxy) is 1. The molecule has 134 valence electrons. The molecule has 0 saturated heterocycles. The first kappa shape index (κ1) is 17.6. The van der Waals surface area contributed by atoms with Crippen molar-refractivity contribution in [2.24, 2.45) is 23.7 Å². The van der Waals surface area contributed by atoms with Gasteiger partial charge in [-0.25, -0.2) is 0 Å². The molecule has 4 unspecified atom stereocenters. The van der Waals surface area contributed by atoms with E-state index in [2.05, 4.69) is 4.98 Å². The first-order valence-electron chi connectivity index (χ1n) is 8.70. The Labute approximate surface area is 147 Å². The molecule has 1 aromatic heterocycles. The van der Waals surface area contributed by atoms with Crippen LogP contribution in [0.5, 0.6) is 0 Å². The SMILES string of the molecule is COCCCN(Cc1ccccn1)C(=O)C1C2C=CC(C2)C1C(=O)O. The van der Waals surface area contributed by atoms with E-state index >= 15 is 0 Å². The summed E-state index contributed by atoms with van der Waals surface area (Å²) >= 11 is 0. The highest BCUT2D eigenvalue weighted by molar-refractivity contribution is 5.87. The van der Waals surface area contributed by atoms with Gasteiger partial charge in [-0.15, -0.1) is 0 Å². The Morgan fingerprint density at radius 2 is 2.04 bits per heavy atom. The minimum absolute atomic E-state index is 0.0212. The van der Waals surface area contributed by atoms with E-state index in [1.165, 1.54) is 0 Å². The quantitative estimate of drug-likeness (QED) is 0.576. The molecule has 0 spiro atoms. The summed E-state index contributed by atoms with van der Waals surface area (Å²) in [5.74, 6) is -2.02. The number of amides is 1. The van der Waals surface area contributed by atoms with Gasteiger partial charge in [-0.1, -0.05) is 18.2 Å². The number of carboxylic acids is 1. The number of carbonyl (C=O) groups is 2. The van der Waals surface area contributed by atoms with E-state index < -0.39 is 17.8 Å². The summed E-state index contributed by atoms with van der Waals surface area (Å²) in [5, 5.41) is 9.60. The van der Waals surface area contributed by atoms with Gasteiger partial charge in [0.15, 0.2) is 0 Å². The van der Waals surface area contributed by atoms with E-state index in [1.54, 1.807) is 18.2 Å². The second-order valence-corrected chi connectivity index (χ2v) is 6.77. The highest BCUT2D eigenvalue weighted by atomic mass is 16.5. The van der Waals surface area contributed by atoms with Crippen molar-refractivity contribution >= 4 is 11.9 Å². The maximum absolute atomic E-state index is 13.2. The third-order valence-electron chi connectivity index (χ3n) is 5.20. The maximum atomic E-state index is 13.2. The zero-order valence-corrected chi connectivity index (χ0v) is 14.4. The average molecular weight is 344 g/mol. The molecule has 2 aliphatic rings. The smallest absolute Gasteiger partial charge is 0.307 e. The van der Waals surface area contributed by atoms with E-state index in [-0.39, 0.29) is 17.7 Å². The van der Waals surface area contributed by atoms with E-state index in [0.29, 0.717) is 26.1 Å². The normalized spacial score (nSPS) is 26.8. The molecule has 2 aliphatic carbocycles. The molecule has 1 fully saturated rings. The molecule has 1 saturated carbocycles.